The fraction of sp³-hybridized carbons (Fsp3) is 0.625. The minimum absolute atomic E-state index is 0.107. The number of halogens is 1. The average molecular weight is 328 g/mol. The Morgan fingerprint density at radius 1 is 1.14 bits per heavy atom. The highest BCUT2D eigenvalue weighted by Gasteiger charge is 2.25. The van der Waals surface area contributed by atoms with Crippen molar-refractivity contribution in [3.05, 3.63) is 30.1 Å². The van der Waals surface area contributed by atoms with Crippen molar-refractivity contribution in [2.75, 3.05) is 19.6 Å². The second-order valence-corrected chi connectivity index (χ2v) is 7.98. The molecule has 0 radical (unpaired) electrons. The van der Waals surface area contributed by atoms with Gasteiger partial charge >= 0.3 is 0 Å². The van der Waals surface area contributed by atoms with Crippen molar-refractivity contribution in [1.29, 1.82) is 0 Å². The molecule has 1 aliphatic rings. The summed E-state index contributed by atoms with van der Waals surface area (Å²) in [7, 11) is -3.59. The molecule has 6 heteroatoms. The maximum atomic E-state index is 12.9. The Hall–Kier alpha value is -0.980. The van der Waals surface area contributed by atoms with Crippen molar-refractivity contribution in [2.24, 2.45) is 5.92 Å². The lowest BCUT2D eigenvalue weighted by Gasteiger charge is -2.37. The molecule has 0 aromatic heterocycles. The number of nitrogens with one attached hydrogen (secondary N) is 1. The van der Waals surface area contributed by atoms with Gasteiger partial charge in [-0.25, -0.2) is 17.5 Å². The molecule has 124 valence electrons. The average Bonchev–Trinajstić information content (AvgIpc) is 2.48. The van der Waals surface area contributed by atoms with Crippen molar-refractivity contribution in [3.8, 4) is 0 Å². The predicted octanol–water partition coefficient (Wildman–Crippen LogP) is 2.61. The van der Waals surface area contributed by atoms with Crippen LogP contribution in [0.4, 0.5) is 4.39 Å². The first-order chi connectivity index (χ1) is 10.4. The zero-order valence-corrected chi connectivity index (χ0v) is 14.1. The molecule has 0 aliphatic carbocycles. The zero-order valence-electron chi connectivity index (χ0n) is 13.3. The third-order valence-electron chi connectivity index (χ3n) is 4.24. The first kappa shape index (κ1) is 17.4. The summed E-state index contributed by atoms with van der Waals surface area (Å²) in [6.07, 6.45) is 3.60. The molecular weight excluding hydrogens is 303 g/mol. The van der Waals surface area contributed by atoms with Gasteiger partial charge in [0.05, 0.1) is 4.90 Å². The standard InChI is InChI=1S/C16H25FN2O2S/c1-13(2)16(19-10-4-3-5-11-19)12-18-22(20,21)15-8-6-14(17)7-9-15/h6-9,13,16,18H,3-5,10-12H2,1-2H3. The molecule has 1 fully saturated rings. The molecule has 0 spiro atoms. The second kappa shape index (κ2) is 7.53. The minimum Gasteiger partial charge on any atom is -0.299 e. The van der Waals surface area contributed by atoms with Crippen molar-refractivity contribution in [3.63, 3.8) is 0 Å². The summed E-state index contributed by atoms with van der Waals surface area (Å²) < 4.78 is 40.2. The normalized spacial score (nSPS) is 18.5. The van der Waals surface area contributed by atoms with E-state index in [0.29, 0.717) is 12.5 Å². The third kappa shape index (κ3) is 4.51. The van der Waals surface area contributed by atoms with Crippen LogP contribution < -0.4 is 4.72 Å². The Kier molecular flexibility index (Phi) is 5.94. The van der Waals surface area contributed by atoms with Crippen molar-refractivity contribution < 1.29 is 12.8 Å². The molecule has 1 N–H and O–H groups in total. The first-order valence-electron chi connectivity index (χ1n) is 7.89. The van der Waals surface area contributed by atoms with Crippen LogP contribution in [0, 0.1) is 11.7 Å². The molecule has 2 rings (SSSR count). The Bertz CT molecular complexity index is 566. The Balaban J connectivity index is 2.03. The van der Waals surface area contributed by atoms with Gasteiger partial charge in [-0.05, 0) is 56.1 Å². The highest BCUT2D eigenvalue weighted by molar-refractivity contribution is 7.89. The highest BCUT2D eigenvalue weighted by Crippen LogP contribution is 2.18. The van der Waals surface area contributed by atoms with E-state index in [0.717, 1.165) is 13.1 Å². The monoisotopic (exact) mass is 328 g/mol. The summed E-state index contributed by atoms with van der Waals surface area (Å²) in [5.74, 6) is -0.0682. The van der Waals surface area contributed by atoms with Crippen LogP contribution >= 0.6 is 0 Å². The number of benzene rings is 1. The van der Waals surface area contributed by atoms with Gasteiger partial charge in [-0.2, -0.15) is 0 Å². The van der Waals surface area contributed by atoms with E-state index >= 15 is 0 Å². The van der Waals surface area contributed by atoms with Crippen LogP contribution in [0.1, 0.15) is 33.1 Å². The van der Waals surface area contributed by atoms with E-state index in [1.165, 1.54) is 43.5 Å². The summed E-state index contributed by atoms with van der Waals surface area (Å²) in [4.78, 5) is 2.48. The van der Waals surface area contributed by atoms with Crippen LogP contribution in [0.5, 0.6) is 0 Å². The van der Waals surface area contributed by atoms with Crippen LogP contribution in [-0.4, -0.2) is 39.0 Å². The fourth-order valence-corrected chi connectivity index (χ4v) is 3.98. The van der Waals surface area contributed by atoms with Crippen LogP contribution in [-0.2, 0) is 10.0 Å². The van der Waals surface area contributed by atoms with Crippen LogP contribution in [0.25, 0.3) is 0 Å². The minimum atomic E-state index is -3.59. The van der Waals surface area contributed by atoms with Crippen molar-refractivity contribution >= 4 is 10.0 Å². The van der Waals surface area contributed by atoms with Gasteiger partial charge in [0.15, 0.2) is 0 Å². The number of hydrogen-bond donors (Lipinski definition) is 1. The molecule has 1 aliphatic heterocycles. The molecule has 1 saturated heterocycles. The van der Waals surface area contributed by atoms with E-state index in [9.17, 15) is 12.8 Å². The molecule has 0 saturated carbocycles. The summed E-state index contributed by atoms with van der Waals surface area (Å²) in [5, 5.41) is 0. The molecule has 0 bridgehead atoms. The Morgan fingerprint density at radius 2 is 1.73 bits per heavy atom. The first-order valence-corrected chi connectivity index (χ1v) is 9.38. The zero-order chi connectivity index (χ0) is 16.2. The van der Waals surface area contributed by atoms with Gasteiger partial charge in [0.1, 0.15) is 5.82 Å². The Labute approximate surface area is 132 Å². The molecule has 22 heavy (non-hydrogen) atoms. The van der Waals surface area contributed by atoms with Gasteiger partial charge in [0, 0.05) is 12.6 Å². The van der Waals surface area contributed by atoms with Crippen molar-refractivity contribution in [1.82, 2.24) is 9.62 Å². The molecule has 1 unspecified atom stereocenters. The number of sulfonamides is 1. The van der Waals surface area contributed by atoms with Gasteiger partial charge in [-0.1, -0.05) is 20.3 Å². The number of hydrogen-bond acceptors (Lipinski definition) is 3. The highest BCUT2D eigenvalue weighted by atomic mass is 32.2. The third-order valence-corrected chi connectivity index (χ3v) is 5.68. The largest absolute Gasteiger partial charge is 0.299 e. The van der Waals surface area contributed by atoms with Crippen LogP contribution in [0.2, 0.25) is 0 Å². The van der Waals surface area contributed by atoms with Crippen molar-refractivity contribution in [2.45, 2.75) is 44.0 Å². The topological polar surface area (TPSA) is 49.4 Å². The second-order valence-electron chi connectivity index (χ2n) is 6.21. The van der Waals surface area contributed by atoms with Crippen LogP contribution in [0.15, 0.2) is 29.2 Å². The van der Waals surface area contributed by atoms with E-state index in [4.69, 9.17) is 0 Å². The molecule has 1 heterocycles. The van der Waals surface area contributed by atoms with E-state index < -0.39 is 15.8 Å². The number of nitrogens with zero attached hydrogens (tertiary/aromatic N) is 1. The summed E-state index contributed by atoms with van der Waals surface area (Å²) in [6.45, 7) is 6.68. The van der Waals surface area contributed by atoms with Gasteiger partial charge in [0.25, 0.3) is 0 Å². The predicted molar refractivity (Wildman–Crippen MR) is 85.6 cm³/mol. The van der Waals surface area contributed by atoms with E-state index in [-0.39, 0.29) is 10.9 Å². The quantitative estimate of drug-likeness (QED) is 0.873. The molecule has 4 nitrogen and oxygen atoms in total. The van der Waals surface area contributed by atoms with Crippen LogP contribution in [0.3, 0.4) is 0 Å². The van der Waals surface area contributed by atoms with E-state index in [1.807, 2.05) is 0 Å². The maximum Gasteiger partial charge on any atom is 0.240 e. The van der Waals surface area contributed by atoms with Gasteiger partial charge in [0.2, 0.25) is 10.0 Å². The molecule has 1 aromatic rings. The lowest BCUT2D eigenvalue weighted by molar-refractivity contribution is 0.130. The smallest absolute Gasteiger partial charge is 0.240 e. The lowest BCUT2D eigenvalue weighted by atomic mass is 9.99. The Morgan fingerprint density at radius 3 is 2.27 bits per heavy atom. The molecule has 0 amide bonds. The fourth-order valence-electron chi connectivity index (χ4n) is 2.93. The number of piperidine rings is 1. The maximum absolute atomic E-state index is 12.9. The summed E-state index contributed by atoms with van der Waals surface area (Å²) in [6, 6.07) is 5.11. The van der Waals surface area contributed by atoms with E-state index in [2.05, 4.69) is 23.5 Å². The number of rotatable bonds is 6. The summed E-state index contributed by atoms with van der Waals surface area (Å²) >= 11 is 0. The number of likely N-dealkylation sites (tertiary alicyclic amines) is 1. The van der Waals surface area contributed by atoms with Gasteiger partial charge in [-0.3, -0.25) is 4.90 Å². The van der Waals surface area contributed by atoms with Gasteiger partial charge < -0.3 is 0 Å². The van der Waals surface area contributed by atoms with Gasteiger partial charge in [-0.15, -0.1) is 0 Å². The van der Waals surface area contributed by atoms with E-state index in [1.54, 1.807) is 0 Å². The molecule has 1 aromatic carbocycles. The lowest BCUT2D eigenvalue weighted by Crippen LogP contribution is -2.48. The summed E-state index contributed by atoms with van der Waals surface area (Å²) in [5.41, 5.74) is 0. The SMILES string of the molecule is CC(C)C(CNS(=O)(=O)c1ccc(F)cc1)N1CCCCC1. The molecule has 1 atom stereocenters. The molecular formula is C16H25FN2O2S.